The molecule has 3 heterocycles. The van der Waals surface area contributed by atoms with Crippen LogP contribution < -0.4 is 10.2 Å². The minimum Gasteiger partial charge on any atom is -0.353 e. The van der Waals surface area contributed by atoms with Crippen LogP contribution in [0.4, 0.5) is 5.82 Å². The third kappa shape index (κ3) is 3.18. The molecule has 7 nitrogen and oxygen atoms in total. The number of nitrogens with zero attached hydrogens (tertiary/aromatic N) is 6. The van der Waals surface area contributed by atoms with E-state index in [1.807, 2.05) is 13.2 Å². The van der Waals surface area contributed by atoms with E-state index in [1.54, 1.807) is 17.1 Å². The fourth-order valence-electron chi connectivity index (χ4n) is 2.49. The predicted molar refractivity (Wildman–Crippen MR) is 85.9 cm³/mol. The highest BCUT2D eigenvalue weighted by molar-refractivity contribution is 5.85. The van der Waals surface area contributed by atoms with E-state index in [0.29, 0.717) is 23.2 Å². The largest absolute Gasteiger partial charge is 0.353 e. The van der Waals surface area contributed by atoms with Gasteiger partial charge in [0, 0.05) is 38.9 Å². The number of hydrogen-bond donors (Lipinski definition) is 1. The molecule has 2 aromatic heterocycles. The summed E-state index contributed by atoms with van der Waals surface area (Å²) in [5.41, 5.74) is 1.36. The summed E-state index contributed by atoms with van der Waals surface area (Å²) in [4.78, 5) is 11.0. The number of piperazine rings is 1. The molecule has 1 N–H and O–H groups in total. The van der Waals surface area contributed by atoms with Crippen molar-refractivity contribution in [3.05, 3.63) is 24.2 Å². The Labute approximate surface area is 135 Å². The van der Waals surface area contributed by atoms with Gasteiger partial charge in [0.25, 0.3) is 0 Å². The Morgan fingerprint density at radius 3 is 2.86 bits per heavy atom. The predicted octanol–water partition coefficient (Wildman–Crippen LogP) is 0.969. The average Bonchev–Trinajstić information content (AvgIpc) is 2.93. The molecule has 1 atom stereocenters. The zero-order valence-corrected chi connectivity index (χ0v) is 13.3. The molecular weight excluding hydrogens is 302 g/mol. The fraction of sp³-hybridized carbons (Fsp3) is 0.429. The monoisotopic (exact) mass is 319 g/mol. The first-order valence-corrected chi connectivity index (χ1v) is 6.92. The highest BCUT2D eigenvalue weighted by Gasteiger charge is 2.21. The molecule has 0 amide bonds. The van der Waals surface area contributed by atoms with Crippen molar-refractivity contribution in [2.24, 2.45) is 7.05 Å². The number of aryl methyl sites for hydroxylation is 1. The molecular formula is C14H18ClN7. The molecule has 22 heavy (non-hydrogen) atoms. The summed E-state index contributed by atoms with van der Waals surface area (Å²) in [5, 5.41) is 16.8. The molecule has 3 rings (SSSR count). The molecule has 0 saturated carbocycles. The number of hydrogen-bond acceptors (Lipinski definition) is 6. The van der Waals surface area contributed by atoms with Crippen LogP contribution in [0.1, 0.15) is 12.5 Å². The Morgan fingerprint density at radius 1 is 1.41 bits per heavy atom. The summed E-state index contributed by atoms with van der Waals surface area (Å²) < 4.78 is 1.71. The van der Waals surface area contributed by atoms with Crippen molar-refractivity contribution < 1.29 is 0 Å². The molecule has 0 aromatic carbocycles. The summed E-state index contributed by atoms with van der Waals surface area (Å²) in [5.74, 6) is 1.31. The van der Waals surface area contributed by atoms with Gasteiger partial charge in [-0.25, -0.2) is 9.97 Å². The summed E-state index contributed by atoms with van der Waals surface area (Å²) in [7, 11) is 1.85. The maximum atomic E-state index is 9.29. The molecule has 0 bridgehead atoms. The zero-order chi connectivity index (χ0) is 14.8. The van der Waals surface area contributed by atoms with Crippen LogP contribution in [-0.2, 0) is 7.05 Å². The van der Waals surface area contributed by atoms with Crippen LogP contribution >= 0.6 is 12.4 Å². The zero-order valence-electron chi connectivity index (χ0n) is 12.5. The molecule has 1 saturated heterocycles. The molecule has 1 aliphatic heterocycles. The van der Waals surface area contributed by atoms with Crippen molar-refractivity contribution in [2.75, 3.05) is 24.5 Å². The minimum absolute atomic E-state index is 0. The smallest absolute Gasteiger partial charge is 0.164 e. The lowest BCUT2D eigenvalue weighted by Crippen LogP contribution is -2.49. The molecule has 0 spiro atoms. The molecule has 0 radical (unpaired) electrons. The van der Waals surface area contributed by atoms with E-state index in [1.165, 1.54) is 0 Å². The second-order valence-electron chi connectivity index (χ2n) is 5.25. The number of anilines is 1. The molecule has 0 unspecified atom stereocenters. The standard InChI is InChI=1S/C14H17N7.ClH/c1-10-8-21(4-3-16-10)14-11(5-15)6-17-13(19-14)12-7-18-20(2)9-12;/h6-7,9-10,16H,3-4,8H2,1-2H3;1H/t10-;/m1./s1. The second kappa shape index (κ2) is 6.73. The highest BCUT2D eigenvalue weighted by Crippen LogP contribution is 2.22. The van der Waals surface area contributed by atoms with Crippen LogP contribution in [0, 0.1) is 11.3 Å². The van der Waals surface area contributed by atoms with Crippen molar-refractivity contribution in [3.8, 4) is 17.5 Å². The van der Waals surface area contributed by atoms with Gasteiger partial charge < -0.3 is 10.2 Å². The number of halogens is 1. The van der Waals surface area contributed by atoms with Gasteiger partial charge in [-0.15, -0.1) is 12.4 Å². The van der Waals surface area contributed by atoms with Crippen molar-refractivity contribution in [2.45, 2.75) is 13.0 Å². The lowest BCUT2D eigenvalue weighted by atomic mass is 10.2. The summed E-state index contributed by atoms with van der Waals surface area (Å²) in [6.45, 7) is 4.68. The number of nitrogens with one attached hydrogen (secondary N) is 1. The molecule has 1 aliphatic rings. The van der Waals surface area contributed by atoms with Gasteiger partial charge >= 0.3 is 0 Å². The van der Waals surface area contributed by atoms with Gasteiger partial charge in [-0.1, -0.05) is 0 Å². The normalized spacial score (nSPS) is 17.7. The van der Waals surface area contributed by atoms with Crippen molar-refractivity contribution in [1.82, 2.24) is 25.1 Å². The first-order chi connectivity index (χ1) is 10.2. The molecule has 116 valence electrons. The lowest BCUT2D eigenvalue weighted by molar-refractivity contribution is 0.482. The quantitative estimate of drug-likeness (QED) is 0.888. The van der Waals surface area contributed by atoms with Gasteiger partial charge in [-0.2, -0.15) is 10.4 Å². The topological polar surface area (TPSA) is 82.7 Å². The van der Waals surface area contributed by atoms with Gasteiger partial charge in [0.1, 0.15) is 11.6 Å². The summed E-state index contributed by atoms with van der Waals surface area (Å²) >= 11 is 0. The van der Waals surface area contributed by atoms with Crippen molar-refractivity contribution in [1.29, 1.82) is 5.26 Å². The molecule has 1 fully saturated rings. The van der Waals surface area contributed by atoms with Gasteiger partial charge in [0.05, 0.1) is 18.0 Å². The number of aromatic nitrogens is 4. The van der Waals surface area contributed by atoms with Crippen LogP contribution in [0.5, 0.6) is 0 Å². The molecule has 0 aliphatic carbocycles. The van der Waals surface area contributed by atoms with Crippen molar-refractivity contribution >= 4 is 18.2 Å². The SMILES string of the molecule is C[C@@H]1CN(c2nc(-c3cnn(C)c3)ncc2C#N)CCN1.Cl. The van der Waals surface area contributed by atoms with Crippen LogP contribution in [0.2, 0.25) is 0 Å². The van der Waals surface area contributed by atoms with E-state index in [2.05, 4.69) is 38.3 Å². The first kappa shape index (κ1) is 16.2. The Kier molecular flexibility index (Phi) is 4.96. The van der Waals surface area contributed by atoms with Gasteiger partial charge in [0.2, 0.25) is 0 Å². The van der Waals surface area contributed by atoms with E-state index < -0.39 is 0 Å². The molecule has 2 aromatic rings. The minimum atomic E-state index is 0. The Balaban J connectivity index is 0.00000176. The van der Waals surface area contributed by atoms with Crippen molar-refractivity contribution in [3.63, 3.8) is 0 Å². The van der Waals surface area contributed by atoms with E-state index in [9.17, 15) is 5.26 Å². The Bertz CT molecular complexity index is 691. The Morgan fingerprint density at radius 2 is 2.23 bits per heavy atom. The number of rotatable bonds is 2. The van der Waals surface area contributed by atoms with Crippen LogP contribution in [0.25, 0.3) is 11.4 Å². The molecule has 8 heteroatoms. The second-order valence-corrected chi connectivity index (χ2v) is 5.25. The van der Waals surface area contributed by atoms with Gasteiger partial charge in [-0.3, -0.25) is 4.68 Å². The van der Waals surface area contributed by atoms with Gasteiger partial charge in [-0.05, 0) is 6.92 Å². The van der Waals surface area contributed by atoms with E-state index in [4.69, 9.17) is 0 Å². The maximum Gasteiger partial charge on any atom is 0.164 e. The van der Waals surface area contributed by atoms with E-state index in [0.717, 1.165) is 25.2 Å². The van der Waals surface area contributed by atoms with Crippen LogP contribution in [-0.4, -0.2) is 45.4 Å². The lowest BCUT2D eigenvalue weighted by Gasteiger charge is -2.33. The van der Waals surface area contributed by atoms with Crippen LogP contribution in [0.15, 0.2) is 18.6 Å². The highest BCUT2D eigenvalue weighted by atomic mass is 35.5. The van der Waals surface area contributed by atoms with Crippen LogP contribution in [0.3, 0.4) is 0 Å². The summed E-state index contributed by atoms with van der Waals surface area (Å²) in [6, 6.07) is 2.56. The Hall–Kier alpha value is -2.17. The third-order valence-corrected chi connectivity index (χ3v) is 3.52. The maximum absolute atomic E-state index is 9.29. The third-order valence-electron chi connectivity index (χ3n) is 3.52. The summed E-state index contributed by atoms with van der Waals surface area (Å²) in [6.07, 6.45) is 5.19. The first-order valence-electron chi connectivity index (χ1n) is 6.92. The van der Waals surface area contributed by atoms with Gasteiger partial charge in [0.15, 0.2) is 11.6 Å². The fourth-order valence-corrected chi connectivity index (χ4v) is 2.49. The average molecular weight is 320 g/mol. The van der Waals surface area contributed by atoms with E-state index >= 15 is 0 Å². The number of nitriles is 1. The van der Waals surface area contributed by atoms with E-state index in [-0.39, 0.29) is 12.4 Å².